The number of amides is 1. The van der Waals surface area contributed by atoms with Crippen LogP contribution in [0.1, 0.15) is 6.92 Å². The molecule has 1 amide bonds. The zero-order valence-electron chi connectivity index (χ0n) is 14.2. The van der Waals surface area contributed by atoms with Gasteiger partial charge in [-0.2, -0.15) is 0 Å². The Labute approximate surface area is 143 Å². The van der Waals surface area contributed by atoms with Crippen LogP contribution in [0.5, 0.6) is 11.5 Å². The third-order valence-electron chi connectivity index (χ3n) is 3.36. The van der Waals surface area contributed by atoms with Gasteiger partial charge in [0.05, 0.1) is 18.8 Å². The van der Waals surface area contributed by atoms with Crippen LogP contribution in [0.3, 0.4) is 0 Å². The lowest BCUT2D eigenvalue weighted by Gasteiger charge is -2.17. The fourth-order valence-corrected chi connectivity index (χ4v) is 2.20. The van der Waals surface area contributed by atoms with Gasteiger partial charge in [-0.25, -0.2) is 0 Å². The van der Waals surface area contributed by atoms with E-state index in [2.05, 4.69) is 5.32 Å². The van der Waals surface area contributed by atoms with Crippen LogP contribution < -0.4 is 14.8 Å². The molecule has 0 unspecified atom stereocenters. The Morgan fingerprint density at radius 3 is 2.50 bits per heavy atom. The van der Waals surface area contributed by atoms with Gasteiger partial charge in [-0.15, -0.1) is 0 Å². The smallest absolute Gasteiger partial charge is 0.238 e. The van der Waals surface area contributed by atoms with Crippen molar-refractivity contribution in [3.05, 3.63) is 54.6 Å². The van der Waals surface area contributed by atoms with Crippen LogP contribution in [0.25, 0.3) is 0 Å². The molecule has 0 radical (unpaired) electrons. The van der Waals surface area contributed by atoms with Crippen molar-refractivity contribution in [3.63, 3.8) is 0 Å². The maximum Gasteiger partial charge on any atom is 0.238 e. The van der Waals surface area contributed by atoms with Crippen LogP contribution in [0, 0.1) is 0 Å². The van der Waals surface area contributed by atoms with E-state index < -0.39 is 0 Å². The molecular formula is C19H24N2O3. The van der Waals surface area contributed by atoms with Gasteiger partial charge >= 0.3 is 0 Å². The van der Waals surface area contributed by atoms with Crippen molar-refractivity contribution < 1.29 is 14.3 Å². The van der Waals surface area contributed by atoms with Crippen molar-refractivity contribution in [2.75, 3.05) is 38.7 Å². The largest absolute Gasteiger partial charge is 0.492 e. The summed E-state index contributed by atoms with van der Waals surface area (Å²) in [5.74, 6) is 1.44. The second-order valence-electron chi connectivity index (χ2n) is 5.38. The minimum atomic E-state index is -0.0793. The number of rotatable bonds is 9. The van der Waals surface area contributed by atoms with Crippen LogP contribution in [-0.2, 0) is 4.79 Å². The maximum absolute atomic E-state index is 12.2. The number of para-hydroxylation sites is 3. The van der Waals surface area contributed by atoms with Gasteiger partial charge in [0.2, 0.25) is 5.91 Å². The number of benzene rings is 2. The number of likely N-dealkylation sites (N-methyl/N-ethyl adjacent to an activating group) is 1. The minimum Gasteiger partial charge on any atom is -0.492 e. The average Bonchev–Trinajstić information content (AvgIpc) is 2.58. The summed E-state index contributed by atoms with van der Waals surface area (Å²) in [6.45, 7) is 3.96. The highest BCUT2D eigenvalue weighted by molar-refractivity contribution is 5.93. The van der Waals surface area contributed by atoms with E-state index in [9.17, 15) is 4.79 Å². The summed E-state index contributed by atoms with van der Waals surface area (Å²) in [7, 11) is 1.89. The normalized spacial score (nSPS) is 10.5. The van der Waals surface area contributed by atoms with E-state index in [1.54, 1.807) is 0 Å². The van der Waals surface area contributed by atoms with Crippen LogP contribution in [-0.4, -0.2) is 44.2 Å². The van der Waals surface area contributed by atoms with Gasteiger partial charge in [0.1, 0.15) is 18.1 Å². The summed E-state index contributed by atoms with van der Waals surface area (Å²) in [5.41, 5.74) is 0.693. The number of hydrogen-bond donors (Lipinski definition) is 1. The standard InChI is InChI=1S/C19H24N2O3/c1-3-23-18-12-8-7-11-17(18)20-19(22)15-21(2)13-14-24-16-9-5-4-6-10-16/h4-12H,3,13-15H2,1-2H3,(H,20,22). The number of carbonyl (C=O) groups is 1. The number of carbonyl (C=O) groups excluding carboxylic acids is 1. The van der Waals surface area contributed by atoms with E-state index in [4.69, 9.17) is 9.47 Å². The van der Waals surface area contributed by atoms with E-state index in [1.165, 1.54) is 0 Å². The van der Waals surface area contributed by atoms with E-state index >= 15 is 0 Å². The van der Waals surface area contributed by atoms with Gasteiger partial charge in [0.25, 0.3) is 0 Å². The van der Waals surface area contributed by atoms with Crippen LogP contribution >= 0.6 is 0 Å². The van der Waals surface area contributed by atoms with Gasteiger partial charge in [-0.05, 0) is 38.2 Å². The Hall–Kier alpha value is -2.53. The lowest BCUT2D eigenvalue weighted by Crippen LogP contribution is -2.33. The SMILES string of the molecule is CCOc1ccccc1NC(=O)CN(C)CCOc1ccccc1. The first-order chi connectivity index (χ1) is 11.7. The Morgan fingerprint density at radius 1 is 1.04 bits per heavy atom. The molecule has 0 aliphatic rings. The number of hydrogen-bond acceptors (Lipinski definition) is 4. The molecule has 0 heterocycles. The first-order valence-corrected chi connectivity index (χ1v) is 8.07. The van der Waals surface area contributed by atoms with Crippen LogP contribution in [0.2, 0.25) is 0 Å². The Kier molecular flexibility index (Phi) is 7.11. The monoisotopic (exact) mass is 328 g/mol. The van der Waals surface area contributed by atoms with E-state index in [-0.39, 0.29) is 5.91 Å². The summed E-state index contributed by atoms with van der Waals surface area (Å²) < 4.78 is 11.1. The summed E-state index contributed by atoms with van der Waals surface area (Å²) in [6.07, 6.45) is 0. The van der Waals surface area contributed by atoms with Crippen molar-refractivity contribution >= 4 is 11.6 Å². The molecule has 0 saturated heterocycles. The molecule has 5 nitrogen and oxygen atoms in total. The molecule has 0 spiro atoms. The number of nitrogens with zero attached hydrogens (tertiary/aromatic N) is 1. The molecule has 0 atom stereocenters. The van der Waals surface area contributed by atoms with Gasteiger partial charge < -0.3 is 14.8 Å². The molecule has 2 rings (SSSR count). The number of nitrogens with one attached hydrogen (secondary N) is 1. The number of anilines is 1. The molecule has 2 aromatic rings. The third kappa shape index (κ3) is 5.93. The van der Waals surface area contributed by atoms with Gasteiger partial charge in [-0.1, -0.05) is 30.3 Å². The third-order valence-corrected chi connectivity index (χ3v) is 3.36. The molecule has 0 saturated carbocycles. The highest BCUT2D eigenvalue weighted by Crippen LogP contribution is 2.23. The topological polar surface area (TPSA) is 50.8 Å². The summed E-state index contributed by atoms with van der Waals surface area (Å²) in [6, 6.07) is 17.1. The van der Waals surface area contributed by atoms with Crippen LogP contribution in [0.15, 0.2) is 54.6 Å². The first kappa shape index (κ1) is 17.8. The highest BCUT2D eigenvalue weighted by Gasteiger charge is 2.10. The quantitative estimate of drug-likeness (QED) is 0.769. The molecule has 1 N–H and O–H groups in total. The van der Waals surface area contributed by atoms with Gasteiger partial charge in [0, 0.05) is 6.54 Å². The van der Waals surface area contributed by atoms with Crippen LogP contribution in [0.4, 0.5) is 5.69 Å². The van der Waals surface area contributed by atoms with E-state index in [1.807, 2.05) is 73.5 Å². The summed E-state index contributed by atoms with van der Waals surface area (Å²) >= 11 is 0. The number of ether oxygens (including phenoxy) is 2. The fraction of sp³-hybridized carbons (Fsp3) is 0.316. The van der Waals surface area contributed by atoms with Crippen molar-refractivity contribution in [1.82, 2.24) is 4.90 Å². The van der Waals surface area contributed by atoms with Crippen molar-refractivity contribution in [1.29, 1.82) is 0 Å². The molecule has 2 aromatic carbocycles. The molecule has 0 aliphatic heterocycles. The molecule has 0 bridgehead atoms. The molecule has 24 heavy (non-hydrogen) atoms. The lowest BCUT2D eigenvalue weighted by atomic mass is 10.3. The highest BCUT2D eigenvalue weighted by atomic mass is 16.5. The molecule has 0 aromatic heterocycles. The molecular weight excluding hydrogens is 304 g/mol. The maximum atomic E-state index is 12.2. The zero-order chi connectivity index (χ0) is 17.2. The Bertz CT molecular complexity index is 632. The van der Waals surface area contributed by atoms with Crippen molar-refractivity contribution in [2.45, 2.75) is 6.92 Å². The summed E-state index contributed by atoms with van der Waals surface area (Å²) in [5, 5.41) is 2.89. The van der Waals surface area contributed by atoms with E-state index in [0.29, 0.717) is 37.7 Å². The Morgan fingerprint density at radius 2 is 1.75 bits per heavy atom. The predicted molar refractivity (Wildman–Crippen MR) is 95.7 cm³/mol. The van der Waals surface area contributed by atoms with Crippen molar-refractivity contribution in [3.8, 4) is 11.5 Å². The second-order valence-corrected chi connectivity index (χ2v) is 5.38. The fourth-order valence-electron chi connectivity index (χ4n) is 2.20. The molecule has 0 aliphatic carbocycles. The molecule has 5 heteroatoms. The van der Waals surface area contributed by atoms with E-state index in [0.717, 1.165) is 5.75 Å². The zero-order valence-corrected chi connectivity index (χ0v) is 14.2. The minimum absolute atomic E-state index is 0.0793. The first-order valence-electron chi connectivity index (χ1n) is 8.07. The van der Waals surface area contributed by atoms with Gasteiger partial charge in [-0.3, -0.25) is 9.69 Å². The molecule has 0 fully saturated rings. The van der Waals surface area contributed by atoms with Gasteiger partial charge in [0.15, 0.2) is 0 Å². The predicted octanol–water partition coefficient (Wildman–Crippen LogP) is 3.03. The van der Waals surface area contributed by atoms with Crippen molar-refractivity contribution in [2.24, 2.45) is 0 Å². The average molecular weight is 328 g/mol. The Balaban J connectivity index is 1.75. The lowest BCUT2D eigenvalue weighted by molar-refractivity contribution is -0.117. The molecule has 128 valence electrons. The second kappa shape index (κ2) is 9.57. The summed E-state index contributed by atoms with van der Waals surface area (Å²) in [4.78, 5) is 14.1.